The van der Waals surface area contributed by atoms with Gasteiger partial charge in [0, 0.05) is 11.1 Å². The number of Topliss-reactive ketones (excluding diaryl/α,β-unsaturated/α-hetero) is 1. The molecule has 1 spiro atoms. The summed E-state index contributed by atoms with van der Waals surface area (Å²) in [6.07, 6.45) is 10.6. The van der Waals surface area contributed by atoms with E-state index >= 15 is 0 Å². The van der Waals surface area contributed by atoms with Crippen LogP contribution in [0.25, 0.3) is 0 Å². The maximum absolute atomic E-state index is 10.6. The van der Waals surface area contributed by atoms with Crippen LogP contribution in [0.5, 0.6) is 11.5 Å². The van der Waals surface area contributed by atoms with Crippen LogP contribution in [0.1, 0.15) is 62.0 Å². The van der Waals surface area contributed by atoms with Gasteiger partial charge in [0.2, 0.25) is 0 Å². The van der Waals surface area contributed by atoms with E-state index in [1.54, 1.807) is 14.0 Å². The SMILES string of the molecule is C.C=CCOC(N)=O.CC(=O)c1ccccc1.COc1ccc2c3c1O[C@H]1CC(C)C=C[C@@]31CCC2. The number of aryl methyl sites for hydroxylation is 1. The van der Waals surface area contributed by atoms with Crippen LogP contribution in [0.3, 0.4) is 0 Å². The number of primary amides is 1. The Balaban J connectivity index is 0.000000226. The van der Waals surface area contributed by atoms with E-state index in [-0.39, 0.29) is 25.2 Å². The van der Waals surface area contributed by atoms with E-state index in [4.69, 9.17) is 9.47 Å². The maximum Gasteiger partial charge on any atom is 0.404 e. The Hall–Kier alpha value is -3.54. The molecule has 5 rings (SSSR count). The molecule has 6 nitrogen and oxygen atoms in total. The number of methoxy groups -OCH3 is 1. The summed E-state index contributed by atoms with van der Waals surface area (Å²) in [4.78, 5) is 20.4. The molecule has 2 aromatic carbocycles. The third-order valence-corrected chi connectivity index (χ3v) is 6.60. The van der Waals surface area contributed by atoms with Gasteiger partial charge in [-0.3, -0.25) is 4.79 Å². The zero-order valence-electron chi connectivity index (χ0n) is 20.8. The second kappa shape index (κ2) is 13.0. The Morgan fingerprint density at radius 3 is 2.50 bits per heavy atom. The van der Waals surface area contributed by atoms with E-state index in [2.05, 4.69) is 48.3 Å². The fraction of sp³-hybridized carbons (Fsp3) is 0.400. The van der Waals surface area contributed by atoms with Crippen molar-refractivity contribution in [3.05, 3.63) is 84.0 Å². The Bertz CT molecular complexity index is 1080. The topological polar surface area (TPSA) is 87.9 Å². The summed E-state index contributed by atoms with van der Waals surface area (Å²) < 4.78 is 16.1. The van der Waals surface area contributed by atoms with Crippen LogP contribution in [0.15, 0.2) is 67.3 Å². The number of amides is 1. The molecule has 1 aliphatic heterocycles. The third-order valence-electron chi connectivity index (χ3n) is 6.60. The van der Waals surface area contributed by atoms with Crippen molar-refractivity contribution in [3.63, 3.8) is 0 Å². The second-order valence-electron chi connectivity index (χ2n) is 9.04. The number of allylic oxidation sites excluding steroid dienone is 1. The van der Waals surface area contributed by atoms with Gasteiger partial charge in [0.15, 0.2) is 17.3 Å². The van der Waals surface area contributed by atoms with E-state index in [0.29, 0.717) is 12.0 Å². The van der Waals surface area contributed by atoms with Crippen molar-refractivity contribution >= 4 is 11.9 Å². The number of carbonyl (C=O) groups is 2. The molecule has 0 fully saturated rings. The van der Waals surface area contributed by atoms with Gasteiger partial charge < -0.3 is 19.9 Å². The summed E-state index contributed by atoms with van der Waals surface area (Å²) in [5, 5.41) is 0. The summed E-state index contributed by atoms with van der Waals surface area (Å²) >= 11 is 0. The van der Waals surface area contributed by atoms with Crippen molar-refractivity contribution in [2.75, 3.05) is 13.7 Å². The molecule has 1 amide bonds. The Kier molecular flexibility index (Phi) is 10.3. The van der Waals surface area contributed by atoms with Crippen molar-refractivity contribution in [2.24, 2.45) is 11.7 Å². The average Bonchev–Trinajstić information content (AvgIpc) is 3.20. The van der Waals surface area contributed by atoms with Gasteiger partial charge >= 0.3 is 6.09 Å². The summed E-state index contributed by atoms with van der Waals surface area (Å²) in [6.45, 7) is 7.33. The second-order valence-corrected chi connectivity index (χ2v) is 9.04. The van der Waals surface area contributed by atoms with E-state index in [1.807, 2.05) is 30.3 Å². The normalized spacial score (nSPS) is 21.9. The van der Waals surface area contributed by atoms with Gasteiger partial charge in [0.1, 0.15) is 12.7 Å². The van der Waals surface area contributed by atoms with Crippen LogP contribution in [0.2, 0.25) is 0 Å². The van der Waals surface area contributed by atoms with E-state index in [1.165, 1.54) is 36.5 Å². The zero-order chi connectivity index (χ0) is 25.4. The van der Waals surface area contributed by atoms with Crippen LogP contribution in [-0.4, -0.2) is 31.7 Å². The monoisotopic (exact) mass is 493 g/mol. The highest BCUT2D eigenvalue weighted by molar-refractivity contribution is 5.93. The molecular formula is C30H39NO5. The highest BCUT2D eigenvalue weighted by atomic mass is 16.5. The molecule has 0 bridgehead atoms. The molecular weight excluding hydrogens is 454 g/mol. The number of carbonyl (C=O) groups excluding carboxylic acids is 2. The number of benzene rings is 2. The Labute approximate surface area is 215 Å². The quantitative estimate of drug-likeness (QED) is 0.392. The lowest BCUT2D eigenvalue weighted by molar-refractivity contribution is 0.101. The van der Waals surface area contributed by atoms with Crippen LogP contribution in [0, 0.1) is 5.92 Å². The number of hydrogen-bond donors (Lipinski definition) is 1. The minimum Gasteiger partial charge on any atom is -0.493 e. The largest absolute Gasteiger partial charge is 0.493 e. The number of hydrogen-bond acceptors (Lipinski definition) is 5. The van der Waals surface area contributed by atoms with Crippen molar-refractivity contribution in [1.29, 1.82) is 0 Å². The Morgan fingerprint density at radius 1 is 1.22 bits per heavy atom. The van der Waals surface area contributed by atoms with Crippen molar-refractivity contribution in [3.8, 4) is 11.5 Å². The molecule has 1 heterocycles. The molecule has 2 N–H and O–H groups in total. The first kappa shape index (κ1) is 28.7. The predicted molar refractivity (Wildman–Crippen MR) is 144 cm³/mol. The number of nitrogens with two attached hydrogens (primary N) is 1. The number of ketones is 1. The molecule has 3 atom stereocenters. The fourth-order valence-corrected chi connectivity index (χ4v) is 4.96. The highest BCUT2D eigenvalue weighted by Crippen LogP contribution is 2.57. The molecule has 36 heavy (non-hydrogen) atoms. The smallest absolute Gasteiger partial charge is 0.404 e. The predicted octanol–water partition coefficient (Wildman–Crippen LogP) is 6.42. The molecule has 3 aliphatic rings. The van der Waals surface area contributed by atoms with Gasteiger partial charge in [-0.2, -0.15) is 0 Å². The summed E-state index contributed by atoms with van der Waals surface area (Å²) in [7, 11) is 1.73. The summed E-state index contributed by atoms with van der Waals surface area (Å²) in [5.41, 5.74) is 8.36. The first-order valence-electron chi connectivity index (χ1n) is 12.0. The Morgan fingerprint density at radius 2 is 1.94 bits per heavy atom. The van der Waals surface area contributed by atoms with Crippen molar-refractivity contribution in [2.45, 2.75) is 58.5 Å². The molecule has 0 radical (unpaired) electrons. The minimum atomic E-state index is -0.764. The standard InChI is InChI=1S/C17H20O2.C8H8O.C4H7NO2.CH4/c1-11-7-9-17-8-3-4-12-5-6-13(18-2)16(15(12)17)19-14(17)10-11;1-7(9)8-5-3-2-4-6-8;1-2-3-7-4(5)6;/h5-7,9,11,14H,3-4,8,10H2,1-2H3;2-6H,1H3;2H,1,3H2,(H2,5,6);1H4/t11?,14-,17+;;;/m0.../s1. The molecule has 0 saturated heterocycles. The molecule has 194 valence electrons. The van der Waals surface area contributed by atoms with Gasteiger partial charge in [0.05, 0.1) is 12.5 Å². The van der Waals surface area contributed by atoms with Gasteiger partial charge in [-0.05, 0) is 50.2 Å². The zero-order valence-corrected chi connectivity index (χ0v) is 20.8. The number of rotatable bonds is 4. The van der Waals surface area contributed by atoms with Crippen molar-refractivity contribution in [1.82, 2.24) is 0 Å². The van der Waals surface area contributed by atoms with Gasteiger partial charge in [-0.25, -0.2) is 4.79 Å². The van der Waals surface area contributed by atoms with E-state index in [0.717, 1.165) is 23.5 Å². The first-order chi connectivity index (χ1) is 16.8. The lowest BCUT2D eigenvalue weighted by Gasteiger charge is -2.39. The average molecular weight is 494 g/mol. The molecule has 0 saturated carbocycles. The van der Waals surface area contributed by atoms with Crippen LogP contribution < -0.4 is 15.2 Å². The molecule has 0 aromatic heterocycles. The van der Waals surface area contributed by atoms with Gasteiger partial charge in [-0.15, -0.1) is 0 Å². The third kappa shape index (κ3) is 6.36. The summed E-state index contributed by atoms with van der Waals surface area (Å²) in [5.74, 6) is 2.65. The van der Waals surface area contributed by atoms with Gasteiger partial charge in [-0.1, -0.05) is 75.6 Å². The lowest BCUT2D eigenvalue weighted by atomic mass is 9.64. The van der Waals surface area contributed by atoms with Crippen LogP contribution in [-0.2, 0) is 16.6 Å². The van der Waals surface area contributed by atoms with Crippen LogP contribution in [0.4, 0.5) is 4.79 Å². The molecule has 1 unspecified atom stereocenters. The fourth-order valence-electron chi connectivity index (χ4n) is 4.96. The number of ether oxygens (including phenoxy) is 3. The van der Waals surface area contributed by atoms with Gasteiger partial charge in [0.25, 0.3) is 0 Å². The van der Waals surface area contributed by atoms with Crippen LogP contribution >= 0.6 is 0 Å². The highest BCUT2D eigenvalue weighted by Gasteiger charge is 2.52. The molecule has 2 aliphatic carbocycles. The molecule has 6 heteroatoms. The van der Waals surface area contributed by atoms with E-state index < -0.39 is 6.09 Å². The molecule has 2 aromatic rings. The minimum absolute atomic E-state index is 0. The van der Waals surface area contributed by atoms with E-state index in [9.17, 15) is 9.59 Å². The maximum atomic E-state index is 10.6. The summed E-state index contributed by atoms with van der Waals surface area (Å²) in [6, 6.07) is 13.5. The lowest BCUT2D eigenvalue weighted by Crippen LogP contribution is -2.41. The first-order valence-corrected chi connectivity index (χ1v) is 12.0. The van der Waals surface area contributed by atoms with Crippen molar-refractivity contribution < 1.29 is 23.8 Å².